The van der Waals surface area contributed by atoms with Gasteiger partial charge in [-0.1, -0.05) is 42.8 Å². The number of hydrogen-bond acceptors (Lipinski definition) is 3. The highest BCUT2D eigenvalue weighted by Gasteiger charge is 2.41. The normalized spacial score (nSPS) is 16.8. The standard InChI is InChI=1S/C32H35N5OS/c1-5-24-11-15-26(16-12-24)37-22(3)20-27(23(37)4)31-30(28-8-6-7-18-33-28)35-32(39)36(31)19-17-29(38)34-25-13-9-21(2)10-14-25/h6-16,18,20,30-31H,5,17,19H2,1-4H3,(H,34,38)(H,35,39)/t30-,31-/m1/s1. The SMILES string of the molecule is CCc1ccc(-n2c(C)cc([C@@H]3[C@@H](c4ccccn4)NC(=S)N3CCC(=O)Nc3ccc(C)cc3)c2C)cc1. The van der Waals surface area contributed by atoms with Crippen LogP contribution in [0, 0.1) is 20.8 Å². The van der Waals surface area contributed by atoms with Crippen molar-refractivity contribution in [3.8, 4) is 5.69 Å². The molecular formula is C32H35N5OS. The lowest BCUT2D eigenvalue weighted by molar-refractivity contribution is -0.116. The van der Waals surface area contributed by atoms with Gasteiger partial charge >= 0.3 is 0 Å². The molecule has 5 rings (SSSR count). The fraction of sp³-hybridized carbons (Fsp3) is 0.281. The monoisotopic (exact) mass is 537 g/mol. The molecule has 1 fully saturated rings. The molecular weight excluding hydrogens is 502 g/mol. The fourth-order valence-corrected chi connectivity index (χ4v) is 5.76. The van der Waals surface area contributed by atoms with Gasteiger partial charge in [0.2, 0.25) is 5.91 Å². The summed E-state index contributed by atoms with van der Waals surface area (Å²) in [5.74, 6) is -0.0387. The Labute approximate surface area is 236 Å². The number of amides is 1. The van der Waals surface area contributed by atoms with Crippen molar-refractivity contribution in [1.29, 1.82) is 0 Å². The van der Waals surface area contributed by atoms with Gasteiger partial charge in [-0.25, -0.2) is 0 Å². The van der Waals surface area contributed by atoms with Gasteiger partial charge in [0.25, 0.3) is 0 Å². The molecule has 7 heteroatoms. The summed E-state index contributed by atoms with van der Waals surface area (Å²) in [7, 11) is 0. The predicted molar refractivity (Wildman–Crippen MR) is 161 cm³/mol. The zero-order chi connectivity index (χ0) is 27.5. The van der Waals surface area contributed by atoms with E-state index < -0.39 is 0 Å². The summed E-state index contributed by atoms with van der Waals surface area (Å²) in [6.45, 7) is 8.99. The van der Waals surface area contributed by atoms with Crippen LogP contribution in [-0.4, -0.2) is 32.0 Å². The Morgan fingerprint density at radius 3 is 2.44 bits per heavy atom. The van der Waals surface area contributed by atoms with Gasteiger partial charge in [0.1, 0.15) is 0 Å². The van der Waals surface area contributed by atoms with Crippen LogP contribution >= 0.6 is 12.2 Å². The smallest absolute Gasteiger partial charge is 0.226 e. The molecule has 0 spiro atoms. The average Bonchev–Trinajstić information content (AvgIpc) is 3.43. The molecule has 2 aromatic carbocycles. The summed E-state index contributed by atoms with van der Waals surface area (Å²) < 4.78 is 2.30. The predicted octanol–water partition coefficient (Wildman–Crippen LogP) is 6.36. The van der Waals surface area contributed by atoms with Crippen molar-refractivity contribution in [3.63, 3.8) is 0 Å². The van der Waals surface area contributed by atoms with Gasteiger partial charge in [-0.3, -0.25) is 9.78 Å². The maximum absolute atomic E-state index is 12.9. The zero-order valence-electron chi connectivity index (χ0n) is 22.9. The molecule has 3 heterocycles. The first-order valence-electron chi connectivity index (χ1n) is 13.5. The van der Waals surface area contributed by atoms with Crippen LogP contribution in [0.15, 0.2) is 79.0 Å². The average molecular weight is 538 g/mol. The quantitative estimate of drug-likeness (QED) is 0.256. The van der Waals surface area contributed by atoms with Gasteiger partial charge in [0.15, 0.2) is 5.11 Å². The molecule has 0 unspecified atom stereocenters. The number of hydrogen-bond donors (Lipinski definition) is 2. The van der Waals surface area contributed by atoms with Crippen molar-refractivity contribution in [1.82, 2.24) is 19.8 Å². The number of thiocarbonyl (C=S) groups is 1. The molecule has 6 nitrogen and oxygen atoms in total. The number of nitrogens with zero attached hydrogens (tertiary/aromatic N) is 3. The van der Waals surface area contributed by atoms with Crippen LogP contribution in [0.25, 0.3) is 5.69 Å². The molecule has 200 valence electrons. The summed E-state index contributed by atoms with van der Waals surface area (Å²) in [5.41, 5.74) is 8.82. The molecule has 2 aromatic heterocycles. The van der Waals surface area contributed by atoms with E-state index in [4.69, 9.17) is 12.2 Å². The molecule has 4 aromatic rings. The van der Waals surface area contributed by atoms with Crippen LogP contribution in [0.5, 0.6) is 0 Å². The lowest BCUT2D eigenvalue weighted by Gasteiger charge is -2.28. The molecule has 1 saturated heterocycles. The highest BCUT2D eigenvalue weighted by molar-refractivity contribution is 7.80. The van der Waals surface area contributed by atoms with Crippen LogP contribution in [-0.2, 0) is 11.2 Å². The van der Waals surface area contributed by atoms with E-state index in [1.165, 1.54) is 11.1 Å². The number of rotatable bonds is 8. The van der Waals surface area contributed by atoms with Crippen molar-refractivity contribution in [2.75, 3.05) is 11.9 Å². The van der Waals surface area contributed by atoms with E-state index in [0.29, 0.717) is 18.1 Å². The Morgan fingerprint density at radius 1 is 1.03 bits per heavy atom. The van der Waals surface area contributed by atoms with Crippen molar-refractivity contribution in [2.24, 2.45) is 0 Å². The van der Waals surface area contributed by atoms with Gasteiger partial charge in [0, 0.05) is 41.9 Å². The third-order valence-corrected chi connectivity index (χ3v) is 7.86. The molecule has 0 aliphatic carbocycles. The van der Waals surface area contributed by atoms with Crippen LogP contribution in [0.2, 0.25) is 0 Å². The largest absolute Gasteiger partial charge is 0.352 e. The van der Waals surface area contributed by atoms with Crippen molar-refractivity contribution < 1.29 is 4.79 Å². The molecule has 0 radical (unpaired) electrons. The van der Waals surface area contributed by atoms with Crippen LogP contribution < -0.4 is 10.6 Å². The number of aryl methyl sites for hydroxylation is 3. The number of carbonyl (C=O) groups excluding carboxylic acids is 1. The highest BCUT2D eigenvalue weighted by atomic mass is 32.1. The second-order valence-corrected chi connectivity index (χ2v) is 10.6. The number of nitrogens with one attached hydrogen (secondary N) is 2. The molecule has 1 amide bonds. The van der Waals surface area contributed by atoms with Crippen LogP contribution in [0.4, 0.5) is 5.69 Å². The Kier molecular flexibility index (Phi) is 7.79. The first-order valence-corrected chi connectivity index (χ1v) is 13.9. The van der Waals surface area contributed by atoms with Crippen molar-refractivity contribution in [3.05, 3.63) is 113 Å². The Morgan fingerprint density at radius 2 is 1.77 bits per heavy atom. The zero-order valence-corrected chi connectivity index (χ0v) is 23.8. The minimum absolute atomic E-state index is 0.0387. The minimum Gasteiger partial charge on any atom is -0.352 e. The van der Waals surface area contributed by atoms with E-state index in [9.17, 15) is 4.79 Å². The Balaban J connectivity index is 1.45. The second kappa shape index (κ2) is 11.4. The van der Waals surface area contributed by atoms with Gasteiger partial charge in [0.05, 0.1) is 17.8 Å². The van der Waals surface area contributed by atoms with E-state index in [-0.39, 0.29) is 18.0 Å². The van der Waals surface area contributed by atoms with Crippen molar-refractivity contribution >= 4 is 28.9 Å². The first-order chi connectivity index (χ1) is 18.9. The molecule has 0 bridgehead atoms. The van der Waals surface area contributed by atoms with Gasteiger partial charge in [-0.2, -0.15) is 0 Å². The lowest BCUT2D eigenvalue weighted by Crippen LogP contribution is -2.32. The molecule has 1 aliphatic heterocycles. The van der Waals surface area contributed by atoms with E-state index >= 15 is 0 Å². The van der Waals surface area contributed by atoms with Crippen LogP contribution in [0.1, 0.15) is 59.2 Å². The fourth-order valence-electron chi connectivity index (χ4n) is 5.43. The number of pyridine rings is 1. The van der Waals surface area contributed by atoms with Crippen LogP contribution in [0.3, 0.4) is 0 Å². The third kappa shape index (κ3) is 5.59. The Hall–Kier alpha value is -3.97. The van der Waals surface area contributed by atoms with Gasteiger partial charge in [-0.15, -0.1) is 0 Å². The van der Waals surface area contributed by atoms with Crippen molar-refractivity contribution in [2.45, 2.75) is 52.6 Å². The van der Waals surface area contributed by atoms with E-state index in [1.54, 1.807) is 0 Å². The van der Waals surface area contributed by atoms with Gasteiger partial charge < -0.3 is 20.1 Å². The maximum Gasteiger partial charge on any atom is 0.226 e. The second-order valence-electron chi connectivity index (χ2n) is 10.2. The minimum atomic E-state index is -0.129. The van der Waals surface area contributed by atoms with E-state index in [2.05, 4.69) is 76.2 Å². The molecule has 0 saturated carbocycles. The number of aromatic nitrogens is 2. The maximum atomic E-state index is 12.9. The summed E-state index contributed by atoms with van der Waals surface area (Å²) in [6, 6.07) is 24.6. The molecule has 2 atom stereocenters. The summed E-state index contributed by atoms with van der Waals surface area (Å²) >= 11 is 5.84. The molecule has 2 N–H and O–H groups in total. The topological polar surface area (TPSA) is 62.2 Å². The number of benzene rings is 2. The summed E-state index contributed by atoms with van der Waals surface area (Å²) in [5, 5.41) is 7.16. The summed E-state index contributed by atoms with van der Waals surface area (Å²) in [4.78, 5) is 19.7. The number of carbonyl (C=O) groups is 1. The van der Waals surface area contributed by atoms with Gasteiger partial charge in [-0.05, 0) is 93.0 Å². The first kappa shape index (κ1) is 26.6. The third-order valence-electron chi connectivity index (χ3n) is 7.50. The Bertz CT molecular complexity index is 1460. The lowest BCUT2D eigenvalue weighted by atomic mass is 9.96. The highest BCUT2D eigenvalue weighted by Crippen LogP contribution is 2.41. The summed E-state index contributed by atoms with van der Waals surface area (Å²) in [6.07, 6.45) is 3.14. The molecule has 1 aliphatic rings. The molecule has 39 heavy (non-hydrogen) atoms. The number of anilines is 1. The van der Waals surface area contributed by atoms with E-state index in [1.807, 2.05) is 55.6 Å². The van der Waals surface area contributed by atoms with E-state index in [0.717, 1.165) is 40.4 Å².